The smallest absolute Gasteiger partial charge is 0.219 e. The summed E-state index contributed by atoms with van der Waals surface area (Å²) in [6.07, 6.45) is 4.22. The summed E-state index contributed by atoms with van der Waals surface area (Å²) < 4.78 is 0. The predicted octanol–water partition coefficient (Wildman–Crippen LogP) is -0.200. The number of anilines is 1. The van der Waals surface area contributed by atoms with Gasteiger partial charge in [0.2, 0.25) is 5.95 Å². The van der Waals surface area contributed by atoms with Gasteiger partial charge in [0.15, 0.2) is 0 Å². The number of aldehydes is 1. The van der Waals surface area contributed by atoms with Crippen molar-refractivity contribution in [2.24, 2.45) is 0 Å². The van der Waals surface area contributed by atoms with Gasteiger partial charge in [0.05, 0.1) is 0 Å². The molecule has 0 spiro atoms. The highest BCUT2D eigenvalue weighted by Gasteiger charge is 1.91. The standard InChI is InChI=1S/C6H7N3O/c7-6-8-3-5(1-2-10)4-9-6/h2-4H,1H2,(H2,7,8,9). The SMILES string of the molecule is Nc1ncc(CC=O)cn1. The number of carbonyl (C=O) groups excluding carboxylic acids is 1. The summed E-state index contributed by atoms with van der Waals surface area (Å²) in [5, 5.41) is 0. The zero-order valence-corrected chi connectivity index (χ0v) is 5.32. The van der Waals surface area contributed by atoms with Crippen LogP contribution in [0, 0.1) is 0 Å². The van der Waals surface area contributed by atoms with Crippen LogP contribution in [0.2, 0.25) is 0 Å². The molecule has 0 aliphatic rings. The minimum absolute atomic E-state index is 0.231. The maximum Gasteiger partial charge on any atom is 0.219 e. The number of nitrogen functional groups attached to an aromatic ring is 1. The molecule has 0 aliphatic carbocycles. The van der Waals surface area contributed by atoms with Gasteiger partial charge in [-0.2, -0.15) is 0 Å². The second kappa shape index (κ2) is 2.91. The van der Waals surface area contributed by atoms with Gasteiger partial charge in [0.25, 0.3) is 0 Å². The third kappa shape index (κ3) is 1.51. The Morgan fingerprint density at radius 3 is 2.60 bits per heavy atom. The van der Waals surface area contributed by atoms with Crippen LogP contribution in [0.5, 0.6) is 0 Å². The van der Waals surface area contributed by atoms with Crippen LogP contribution in [0.1, 0.15) is 5.56 Å². The first kappa shape index (κ1) is 6.67. The van der Waals surface area contributed by atoms with E-state index in [9.17, 15) is 4.79 Å². The summed E-state index contributed by atoms with van der Waals surface area (Å²) in [6.45, 7) is 0. The molecule has 52 valence electrons. The molecule has 1 rings (SSSR count). The molecule has 0 saturated heterocycles. The first-order chi connectivity index (χ1) is 4.83. The number of rotatable bonds is 2. The van der Waals surface area contributed by atoms with E-state index < -0.39 is 0 Å². The fourth-order valence-electron chi connectivity index (χ4n) is 0.566. The van der Waals surface area contributed by atoms with Crippen molar-refractivity contribution in [2.75, 3.05) is 5.73 Å². The van der Waals surface area contributed by atoms with E-state index in [0.29, 0.717) is 6.42 Å². The van der Waals surface area contributed by atoms with Crippen LogP contribution in [0.3, 0.4) is 0 Å². The molecule has 1 aromatic heterocycles. The average Bonchev–Trinajstić information content (AvgIpc) is 1.95. The Balaban J connectivity index is 2.78. The minimum Gasteiger partial charge on any atom is -0.368 e. The molecule has 1 aromatic rings. The molecule has 1 heterocycles. The third-order valence-electron chi connectivity index (χ3n) is 1.04. The van der Waals surface area contributed by atoms with E-state index >= 15 is 0 Å². The van der Waals surface area contributed by atoms with Crippen LogP contribution in [0.25, 0.3) is 0 Å². The van der Waals surface area contributed by atoms with Gasteiger partial charge in [-0.15, -0.1) is 0 Å². The Morgan fingerprint density at radius 2 is 2.10 bits per heavy atom. The molecule has 0 fully saturated rings. The van der Waals surface area contributed by atoms with E-state index in [0.717, 1.165) is 11.8 Å². The molecule has 10 heavy (non-hydrogen) atoms. The first-order valence-corrected chi connectivity index (χ1v) is 2.83. The summed E-state index contributed by atoms with van der Waals surface area (Å²) in [7, 11) is 0. The van der Waals surface area contributed by atoms with Crippen molar-refractivity contribution in [1.29, 1.82) is 0 Å². The zero-order chi connectivity index (χ0) is 7.40. The lowest BCUT2D eigenvalue weighted by molar-refractivity contribution is -0.107. The lowest BCUT2D eigenvalue weighted by Crippen LogP contribution is -1.95. The number of nitrogens with two attached hydrogens (primary N) is 1. The van der Waals surface area contributed by atoms with Gasteiger partial charge in [0.1, 0.15) is 6.29 Å². The normalized spacial score (nSPS) is 9.20. The van der Waals surface area contributed by atoms with Crippen LogP contribution < -0.4 is 5.73 Å². The molecule has 0 radical (unpaired) electrons. The zero-order valence-electron chi connectivity index (χ0n) is 5.32. The van der Waals surface area contributed by atoms with Gasteiger partial charge >= 0.3 is 0 Å². The van der Waals surface area contributed by atoms with Crippen LogP contribution in [-0.2, 0) is 11.2 Å². The molecule has 4 heteroatoms. The van der Waals surface area contributed by atoms with Gasteiger partial charge in [-0.1, -0.05) is 0 Å². The molecule has 0 saturated carbocycles. The van der Waals surface area contributed by atoms with Crippen molar-refractivity contribution in [3.63, 3.8) is 0 Å². The monoisotopic (exact) mass is 137 g/mol. The second-order valence-corrected chi connectivity index (χ2v) is 1.82. The molecule has 4 nitrogen and oxygen atoms in total. The molecular formula is C6H7N3O. The molecule has 0 aromatic carbocycles. The Bertz CT molecular complexity index is 219. The van der Waals surface area contributed by atoms with Crippen molar-refractivity contribution in [3.8, 4) is 0 Å². The predicted molar refractivity (Wildman–Crippen MR) is 36.2 cm³/mol. The number of hydrogen-bond donors (Lipinski definition) is 1. The number of carbonyl (C=O) groups is 1. The first-order valence-electron chi connectivity index (χ1n) is 2.83. The maximum atomic E-state index is 9.97. The fourth-order valence-corrected chi connectivity index (χ4v) is 0.566. The highest BCUT2D eigenvalue weighted by molar-refractivity contribution is 5.54. The van der Waals surface area contributed by atoms with E-state index in [1.807, 2.05) is 0 Å². The highest BCUT2D eigenvalue weighted by atomic mass is 16.1. The van der Waals surface area contributed by atoms with Gasteiger partial charge in [-0.25, -0.2) is 9.97 Å². The van der Waals surface area contributed by atoms with Crippen LogP contribution in [0.15, 0.2) is 12.4 Å². The molecular weight excluding hydrogens is 130 g/mol. The summed E-state index contributed by atoms with van der Waals surface area (Å²) in [4.78, 5) is 17.4. The summed E-state index contributed by atoms with van der Waals surface area (Å²) in [5.74, 6) is 0.231. The average molecular weight is 137 g/mol. The van der Waals surface area contributed by atoms with Gasteiger partial charge < -0.3 is 10.5 Å². The van der Waals surface area contributed by atoms with Crippen LogP contribution in [0.4, 0.5) is 5.95 Å². The van der Waals surface area contributed by atoms with E-state index in [4.69, 9.17) is 5.73 Å². The molecule has 0 aliphatic heterocycles. The van der Waals surface area contributed by atoms with Crippen molar-refractivity contribution in [2.45, 2.75) is 6.42 Å². The molecule has 0 unspecified atom stereocenters. The van der Waals surface area contributed by atoms with Gasteiger partial charge in [-0.05, 0) is 5.56 Å². The highest BCUT2D eigenvalue weighted by Crippen LogP contribution is 1.95. The number of aromatic nitrogens is 2. The third-order valence-corrected chi connectivity index (χ3v) is 1.04. The number of hydrogen-bond acceptors (Lipinski definition) is 4. The fraction of sp³-hybridized carbons (Fsp3) is 0.167. The maximum absolute atomic E-state index is 9.97. The van der Waals surface area contributed by atoms with E-state index in [-0.39, 0.29) is 5.95 Å². The Kier molecular flexibility index (Phi) is 1.94. The van der Waals surface area contributed by atoms with E-state index in [1.165, 1.54) is 12.4 Å². The van der Waals surface area contributed by atoms with E-state index in [1.54, 1.807) is 0 Å². The molecule has 0 amide bonds. The lowest BCUT2D eigenvalue weighted by atomic mass is 10.3. The Morgan fingerprint density at radius 1 is 1.50 bits per heavy atom. The second-order valence-electron chi connectivity index (χ2n) is 1.82. The molecule has 0 atom stereocenters. The summed E-state index contributed by atoms with van der Waals surface area (Å²) >= 11 is 0. The Hall–Kier alpha value is -1.45. The van der Waals surface area contributed by atoms with Gasteiger partial charge in [-0.3, -0.25) is 0 Å². The largest absolute Gasteiger partial charge is 0.368 e. The minimum atomic E-state index is 0.231. The van der Waals surface area contributed by atoms with Crippen LogP contribution in [-0.4, -0.2) is 16.3 Å². The number of nitrogens with zero attached hydrogens (tertiary/aromatic N) is 2. The van der Waals surface area contributed by atoms with Crippen molar-refractivity contribution >= 4 is 12.2 Å². The topological polar surface area (TPSA) is 68.9 Å². The van der Waals surface area contributed by atoms with Crippen molar-refractivity contribution < 1.29 is 4.79 Å². The summed E-state index contributed by atoms with van der Waals surface area (Å²) in [5.41, 5.74) is 5.99. The van der Waals surface area contributed by atoms with Crippen LogP contribution >= 0.6 is 0 Å². The molecule has 0 bridgehead atoms. The van der Waals surface area contributed by atoms with Crippen molar-refractivity contribution in [3.05, 3.63) is 18.0 Å². The van der Waals surface area contributed by atoms with E-state index in [2.05, 4.69) is 9.97 Å². The summed E-state index contributed by atoms with van der Waals surface area (Å²) in [6, 6.07) is 0. The van der Waals surface area contributed by atoms with Crippen molar-refractivity contribution in [1.82, 2.24) is 9.97 Å². The molecule has 2 N–H and O–H groups in total. The lowest BCUT2D eigenvalue weighted by Gasteiger charge is -1.92. The Labute approximate surface area is 58.1 Å². The quantitative estimate of drug-likeness (QED) is 0.573. The van der Waals surface area contributed by atoms with Gasteiger partial charge in [0, 0.05) is 18.8 Å².